The van der Waals surface area contributed by atoms with Crippen molar-refractivity contribution in [2.45, 2.75) is 0 Å². The van der Waals surface area contributed by atoms with Gasteiger partial charge in [-0.3, -0.25) is 0 Å². The molecule has 0 spiro atoms. The van der Waals surface area contributed by atoms with Gasteiger partial charge in [0, 0.05) is 0 Å². The number of carbonyl (C=O) groups excluding carboxylic acids is 2. The Hall–Kier alpha value is -0.175. The minimum atomic E-state index is -2.33. The second-order valence-corrected chi connectivity index (χ2v) is 0.500. The fourth-order valence-electron chi connectivity index (χ4n) is 0. The summed E-state index contributed by atoms with van der Waals surface area (Å²) in [6, 6.07) is 0. The summed E-state index contributed by atoms with van der Waals surface area (Å²) in [7, 11) is 0. The molecule has 0 aromatic rings. The third-order valence-corrected chi connectivity index (χ3v) is 0. The van der Waals surface area contributed by atoms with Crippen molar-refractivity contribution >= 4 is 12.3 Å². The summed E-state index contributed by atoms with van der Waals surface area (Å²) in [4.78, 5) is 16.7. The molecule has 0 aliphatic heterocycles. The van der Waals surface area contributed by atoms with Gasteiger partial charge < -0.3 is 35.5 Å². The molecule has 0 unspecified atom stereocenters. The van der Waals surface area contributed by atoms with E-state index in [1.165, 1.54) is 0 Å². The standard InChI is InChI=1S/2CH2O3.H2O.Th/c2*2-1(3)4;;/h2*(H2,2,3,4);1H2;/q;;;+4/p-4. The monoisotopic (exact) mass is 370 g/mol. The molecule has 0 saturated heterocycles. The van der Waals surface area contributed by atoms with E-state index in [1.54, 1.807) is 0 Å². The van der Waals surface area contributed by atoms with E-state index in [1.807, 2.05) is 0 Å². The second-order valence-electron chi connectivity index (χ2n) is 0.500. The van der Waals surface area contributed by atoms with Crippen molar-refractivity contribution < 1.29 is 75.4 Å². The van der Waals surface area contributed by atoms with E-state index in [0.717, 1.165) is 0 Å². The summed E-state index contributed by atoms with van der Waals surface area (Å²) in [5.74, 6) is 0. The SMILES string of the molecule is O.O=C([O-])[O-].O=C([O-])[O-].[Th+4]. The van der Waals surface area contributed by atoms with Crippen LogP contribution in [-0.2, 0) is 0 Å². The molecule has 0 rings (SSSR count). The predicted molar refractivity (Wildman–Crippen MR) is 14.4 cm³/mol. The Morgan fingerprint density at radius 2 is 0.800 bits per heavy atom. The maximum Gasteiger partial charge on any atom is 4.00 e. The van der Waals surface area contributed by atoms with Crippen molar-refractivity contribution in [1.29, 1.82) is 0 Å². The van der Waals surface area contributed by atoms with E-state index in [9.17, 15) is 0 Å². The number of hydrogen-bond acceptors (Lipinski definition) is 6. The Balaban J connectivity index is -0.0000000300. The average molecular weight is 370 g/mol. The summed E-state index contributed by atoms with van der Waals surface area (Å²) >= 11 is 0. The summed E-state index contributed by atoms with van der Waals surface area (Å²) < 4.78 is 0. The molecular formula is C2H2O7Th. The van der Waals surface area contributed by atoms with Crippen molar-refractivity contribution in [3.8, 4) is 0 Å². The molecule has 0 heterocycles. The maximum atomic E-state index is 8.33. The first-order chi connectivity index (χ1) is 3.46. The normalized spacial score (nSPS) is 4.80. The number of hydrogen-bond donors (Lipinski definition) is 0. The fourth-order valence-corrected chi connectivity index (χ4v) is 0. The first kappa shape index (κ1) is 22.6. The van der Waals surface area contributed by atoms with Crippen LogP contribution in [0.25, 0.3) is 0 Å². The smallest absolute Gasteiger partial charge is 0.652 e. The van der Waals surface area contributed by atoms with E-state index in [0.29, 0.717) is 0 Å². The van der Waals surface area contributed by atoms with Crippen LogP contribution in [-0.4, -0.2) is 17.8 Å². The topological polar surface area (TPSA) is 158 Å². The Morgan fingerprint density at radius 3 is 0.800 bits per heavy atom. The van der Waals surface area contributed by atoms with E-state index in [-0.39, 0.29) is 45.4 Å². The predicted octanol–water partition coefficient (Wildman–Crippen LogP) is -5.72. The molecule has 0 aliphatic carbocycles. The van der Waals surface area contributed by atoms with Crippen LogP contribution in [0.3, 0.4) is 0 Å². The molecular weight excluding hydrogens is 368 g/mol. The van der Waals surface area contributed by atoms with E-state index in [4.69, 9.17) is 30.0 Å². The molecule has 2 N–H and O–H groups in total. The largest absolute Gasteiger partial charge is 4.00 e. The van der Waals surface area contributed by atoms with Gasteiger partial charge in [-0.25, -0.2) is 0 Å². The third kappa shape index (κ3) is 11900. The fraction of sp³-hybridized carbons (Fsp3) is 0. The Morgan fingerprint density at radius 1 is 0.800 bits per heavy atom. The molecule has 0 amide bonds. The van der Waals surface area contributed by atoms with Gasteiger partial charge in [-0.15, -0.1) is 0 Å². The second kappa shape index (κ2) is 15.9. The van der Waals surface area contributed by atoms with Crippen LogP contribution in [0, 0.1) is 39.9 Å². The molecule has 0 atom stereocenters. The number of rotatable bonds is 0. The molecule has 56 valence electrons. The van der Waals surface area contributed by atoms with Gasteiger partial charge in [0.25, 0.3) is 0 Å². The summed E-state index contributed by atoms with van der Waals surface area (Å²) in [6.07, 6.45) is -4.67. The van der Waals surface area contributed by atoms with Gasteiger partial charge >= 0.3 is 39.9 Å². The molecule has 10 heavy (non-hydrogen) atoms. The molecule has 8 heteroatoms. The van der Waals surface area contributed by atoms with Gasteiger partial charge in [-0.2, -0.15) is 0 Å². The molecule has 0 bridgehead atoms. The third-order valence-electron chi connectivity index (χ3n) is 0. The Bertz CT molecular complexity index is 69.6. The van der Waals surface area contributed by atoms with Gasteiger partial charge in [-0.05, 0) is 12.3 Å². The van der Waals surface area contributed by atoms with Crippen molar-refractivity contribution in [3.63, 3.8) is 0 Å². The van der Waals surface area contributed by atoms with Crippen LogP contribution in [0.5, 0.6) is 0 Å². The van der Waals surface area contributed by atoms with Crippen LogP contribution in [0.1, 0.15) is 0 Å². The van der Waals surface area contributed by atoms with Gasteiger partial charge in [0.05, 0.1) is 0 Å². The Labute approximate surface area is 87.3 Å². The zero-order valence-corrected chi connectivity index (χ0v) is 8.56. The average Bonchev–Trinajstić information content (AvgIpc) is 1.25. The molecule has 0 aliphatic rings. The van der Waals surface area contributed by atoms with Crippen molar-refractivity contribution in [1.82, 2.24) is 0 Å². The summed E-state index contributed by atoms with van der Waals surface area (Å²) in [5.41, 5.74) is 0. The number of carboxylic acid groups (broad SMARTS) is 4. The maximum absolute atomic E-state index is 8.33. The van der Waals surface area contributed by atoms with Crippen LogP contribution in [0.4, 0.5) is 9.59 Å². The van der Waals surface area contributed by atoms with Crippen LogP contribution in [0.2, 0.25) is 0 Å². The summed E-state index contributed by atoms with van der Waals surface area (Å²) in [6.45, 7) is 0. The summed E-state index contributed by atoms with van der Waals surface area (Å²) in [5, 5.41) is 33.3. The molecule has 0 saturated carbocycles. The molecule has 0 fully saturated rings. The van der Waals surface area contributed by atoms with Crippen molar-refractivity contribution in [2.75, 3.05) is 0 Å². The van der Waals surface area contributed by atoms with Crippen molar-refractivity contribution in [3.05, 3.63) is 0 Å². The number of carbonyl (C=O) groups is 2. The van der Waals surface area contributed by atoms with Crippen molar-refractivity contribution in [2.24, 2.45) is 0 Å². The minimum Gasteiger partial charge on any atom is -0.652 e. The molecule has 0 radical (unpaired) electrons. The van der Waals surface area contributed by atoms with Crippen LogP contribution in [0.15, 0.2) is 0 Å². The molecule has 0 aromatic carbocycles. The minimum absolute atomic E-state index is 0. The first-order valence-electron chi connectivity index (χ1n) is 1.22. The zero-order valence-electron chi connectivity index (χ0n) is 4.45. The molecule has 0 aromatic heterocycles. The van der Waals surface area contributed by atoms with Gasteiger partial charge in [0.15, 0.2) is 0 Å². The molecule has 7 nitrogen and oxygen atoms in total. The van der Waals surface area contributed by atoms with Gasteiger partial charge in [0.1, 0.15) is 0 Å². The Kier molecular flexibility index (Phi) is 35.9. The zero-order chi connectivity index (χ0) is 7.15. The van der Waals surface area contributed by atoms with Gasteiger partial charge in [0.2, 0.25) is 0 Å². The van der Waals surface area contributed by atoms with Crippen LogP contribution < -0.4 is 20.4 Å². The van der Waals surface area contributed by atoms with E-state index < -0.39 is 12.3 Å². The quantitative estimate of drug-likeness (QED) is 0.413. The first-order valence-corrected chi connectivity index (χ1v) is 1.22. The van der Waals surface area contributed by atoms with E-state index in [2.05, 4.69) is 0 Å². The van der Waals surface area contributed by atoms with Gasteiger partial charge in [-0.1, -0.05) is 0 Å². The van der Waals surface area contributed by atoms with Crippen LogP contribution >= 0.6 is 0 Å². The van der Waals surface area contributed by atoms with E-state index >= 15 is 0 Å².